The molecule has 3 heterocycles. The molecule has 76 valence electrons. The molecule has 2 bridgehead atoms. The second kappa shape index (κ2) is 2.83. The maximum atomic E-state index is 5.03. The third-order valence-corrected chi connectivity index (χ3v) is 4.02. The molecule has 3 nitrogen and oxygen atoms in total. The quantitative estimate of drug-likeness (QED) is 0.681. The lowest BCUT2D eigenvalue weighted by Crippen LogP contribution is -2.25. The molecule has 3 atom stereocenters. The Kier molecular flexibility index (Phi) is 1.71. The van der Waals surface area contributed by atoms with Gasteiger partial charge in [0.2, 0.25) is 0 Å². The molecule has 3 rings (SSSR count). The van der Waals surface area contributed by atoms with Crippen LogP contribution < -0.4 is 0 Å². The minimum Gasteiger partial charge on any atom is -0.364 e. The van der Waals surface area contributed by atoms with E-state index in [0.717, 1.165) is 6.04 Å². The molecule has 2 aliphatic heterocycles. The Morgan fingerprint density at radius 3 is 2.86 bits per heavy atom. The number of nitrogens with zero attached hydrogens (tertiary/aromatic N) is 2. The van der Waals surface area contributed by atoms with Crippen molar-refractivity contribution in [3.8, 4) is 0 Å². The molecule has 0 aromatic carbocycles. The van der Waals surface area contributed by atoms with Crippen LogP contribution in [0.25, 0.3) is 0 Å². The van der Waals surface area contributed by atoms with Crippen LogP contribution in [-0.2, 0) is 0 Å². The molecule has 0 spiro atoms. The van der Waals surface area contributed by atoms with E-state index in [2.05, 4.69) is 24.0 Å². The molecular weight excluding hydrogens is 176 g/mol. The molecule has 2 saturated heterocycles. The fourth-order valence-electron chi connectivity index (χ4n) is 3.21. The van der Waals surface area contributed by atoms with E-state index in [1.54, 1.807) is 6.26 Å². The summed E-state index contributed by atoms with van der Waals surface area (Å²) in [5, 5.41) is 4.15. The predicted octanol–water partition coefficient (Wildman–Crippen LogP) is 1.93. The van der Waals surface area contributed by atoms with Gasteiger partial charge in [-0.15, -0.1) is 0 Å². The third kappa shape index (κ3) is 0.989. The van der Waals surface area contributed by atoms with E-state index < -0.39 is 0 Å². The normalized spacial score (nSPS) is 36.9. The number of rotatable bonds is 1. The van der Waals surface area contributed by atoms with Gasteiger partial charge in [0.1, 0.15) is 6.26 Å². The molecular formula is C11H16N2O. The van der Waals surface area contributed by atoms with Crippen LogP contribution in [0.4, 0.5) is 0 Å². The Labute approximate surface area is 84.1 Å². The van der Waals surface area contributed by atoms with E-state index in [1.807, 2.05) is 0 Å². The van der Waals surface area contributed by atoms with Crippen molar-refractivity contribution < 1.29 is 4.52 Å². The lowest BCUT2D eigenvalue weighted by Gasteiger charge is -2.19. The minimum atomic E-state index is 0.623. The fourth-order valence-corrected chi connectivity index (χ4v) is 3.21. The van der Waals surface area contributed by atoms with Gasteiger partial charge >= 0.3 is 0 Å². The highest BCUT2D eigenvalue weighted by Gasteiger charge is 2.45. The van der Waals surface area contributed by atoms with Crippen molar-refractivity contribution in [3.05, 3.63) is 17.5 Å². The predicted molar refractivity (Wildman–Crippen MR) is 53.2 cm³/mol. The van der Waals surface area contributed by atoms with E-state index in [-0.39, 0.29) is 0 Å². The van der Waals surface area contributed by atoms with Crippen molar-refractivity contribution in [3.63, 3.8) is 0 Å². The highest BCUT2D eigenvalue weighted by molar-refractivity contribution is 5.23. The van der Waals surface area contributed by atoms with E-state index in [4.69, 9.17) is 4.52 Å². The average molecular weight is 192 g/mol. The van der Waals surface area contributed by atoms with Gasteiger partial charge in [-0.3, -0.25) is 4.90 Å². The average Bonchev–Trinajstić information content (AvgIpc) is 2.82. The van der Waals surface area contributed by atoms with Crippen LogP contribution in [0.5, 0.6) is 0 Å². The summed E-state index contributed by atoms with van der Waals surface area (Å²) in [5.74, 6) is 0.623. The Hall–Kier alpha value is -0.830. The number of aromatic nitrogens is 1. The summed E-state index contributed by atoms with van der Waals surface area (Å²) in [7, 11) is 2.25. The van der Waals surface area contributed by atoms with Crippen LogP contribution in [0.1, 0.15) is 36.4 Å². The van der Waals surface area contributed by atoms with Gasteiger partial charge < -0.3 is 4.52 Å². The molecule has 0 N–H and O–H groups in total. The number of hydrogen-bond donors (Lipinski definition) is 0. The standard InChI is InChI=1S/C11H16N2O/c1-7-6-14-12-11(7)9-5-8-3-4-10(9)13(8)2/h6,8-10H,3-5H2,1-2H3. The molecule has 3 heteroatoms. The molecule has 1 aromatic heterocycles. The molecule has 0 radical (unpaired) electrons. The Balaban J connectivity index is 1.92. The van der Waals surface area contributed by atoms with Gasteiger partial charge in [0.25, 0.3) is 0 Å². The third-order valence-electron chi connectivity index (χ3n) is 4.02. The second-order valence-electron chi connectivity index (χ2n) is 4.69. The van der Waals surface area contributed by atoms with Crippen LogP contribution in [0, 0.1) is 6.92 Å². The molecule has 1 aromatic rings. The van der Waals surface area contributed by atoms with Gasteiger partial charge in [-0.05, 0) is 33.2 Å². The number of fused-ring (bicyclic) bond motifs is 2. The van der Waals surface area contributed by atoms with Crippen LogP contribution in [0.2, 0.25) is 0 Å². The van der Waals surface area contributed by atoms with Crippen LogP contribution in [0.15, 0.2) is 10.8 Å². The first-order valence-corrected chi connectivity index (χ1v) is 5.40. The van der Waals surface area contributed by atoms with E-state index in [1.165, 1.54) is 30.5 Å². The van der Waals surface area contributed by atoms with Crippen molar-refractivity contribution in [2.75, 3.05) is 7.05 Å². The summed E-state index contributed by atoms with van der Waals surface area (Å²) >= 11 is 0. The van der Waals surface area contributed by atoms with Crippen molar-refractivity contribution in [2.45, 2.75) is 44.2 Å². The fraction of sp³-hybridized carbons (Fsp3) is 0.727. The summed E-state index contributed by atoms with van der Waals surface area (Å²) in [6, 6.07) is 1.50. The molecule has 2 aliphatic rings. The van der Waals surface area contributed by atoms with E-state index in [0.29, 0.717) is 12.0 Å². The zero-order chi connectivity index (χ0) is 9.71. The first-order chi connectivity index (χ1) is 6.77. The van der Waals surface area contributed by atoms with Gasteiger partial charge in [-0.25, -0.2) is 0 Å². The molecule has 0 aliphatic carbocycles. The molecule has 14 heavy (non-hydrogen) atoms. The SMILES string of the molecule is Cc1conc1C1CC2CCC1N2C. The lowest BCUT2D eigenvalue weighted by molar-refractivity contribution is 0.304. The second-order valence-corrected chi connectivity index (χ2v) is 4.69. The largest absolute Gasteiger partial charge is 0.364 e. The maximum absolute atomic E-state index is 5.03. The summed E-state index contributed by atoms with van der Waals surface area (Å²) < 4.78 is 5.03. The Morgan fingerprint density at radius 1 is 1.50 bits per heavy atom. The van der Waals surface area contributed by atoms with Crippen molar-refractivity contribution >= 4 is 0 Å². The van der Waals surface area contributed by atoms with Crippen LogP contribution in [0.3, 0.4) is 0 Å². The van der Waals surface area contributed by atoms with Crippen molar-refractivity contribution in [1.82, 2.24) is 10.1 Å². The van der Waals surface area contributed by atoms with Crippen LogP contribution >= 0.6 is 0 Å². The van der Waals surface area contributed by atoms with Gasteiger partial charge in [-0.2, -0.15) is 0 Å². The summed E-state index contributed by atoms with van der Waals surface area (Å²) in [6.45, 7) is 2.10. The first-order valence-electron chi connectivity index (χ1n) is 5.40. The van der Waals surface area contributed by atoms with Gasteiger partial charge in [0, 0.05) is 23.6 Å². The minimum absolute atomic E-state index is 0.623. The zero-order valence-electron chi connectivity index (χ0n) is 8.73. The maximum Gasteiger partial charge on any atom is 0.127 e. The monoisotopic (exact) mass is 192 g/mol. The van der Waals surface area contributed by atoms with Gasteiger partial charge in [-0.1, -0.05) is 5.16 Å². The smallest absolute Gasteiger partial charge is 0.127 e. The Bertz CT molecular complexity index is 347. The van der Waals surface area contributed by atoms with Crippen LogP contribution in [-0.4, -0.2) is 29.2 Å². The van der Waals surface area contributed by atoms with Gasteiger partial charge in [0.15, 0.2) is 0 Å². The lowest BCUT2D eigenvalue weighted by atomic mass is 9.86. The number of likely N-dealkylation sites (N-methyl/N-ethyl adjacent to an activating group) is 1. The first kappa shape index (κ1) is 8.48. The zero-order valence-corrected chi connectivity index (χ0v) is 8.73. The number of aryl methyl sites for hydroxylation is 1. The summed E-state index contributed by atoms with van der Waals surface area (Å²) in [4.78, 5) is 2.53. The highest BCUT2D eigenvalue weighted by Crippen LogP contribution is 2.45. The summed E-state index contributed by atoms with van der Waals surface area (Å²) in [5.41, 5.74) is 2.42. The number of hydrogen-bond acceptors (Lipinski definition) is 3. The molecule has 0 amide bonds. The van der Waals surface area contributed by atoms with E-state index >= 15 is 0 Å². The molecule has 3 unspecified atom stereocenters. The van der Waals surface area contributed by atoms with E-state index in [9.17, 15) is 0 Å². The Morgan fingerprint density at radius 2 is 2.36 bits per heavy atom. The molecule has 2 fully saturated rings. The molecule has 0 saturated carbocycles. The van der Waals surface area contributed by atoms with Gasteiger partial charge in [0.05, 0.1) is 5.69 Å². The van der Waals surface area contributed by atoms with Crippen molar-refractivity contribution in [1.29, 1.82) is 0 Å². The topological polar surface area (TPSA) is 29.3 Å². The highest BCUT2D eigenvalue weighted by atomic mass is 16.5. The van der Waals surface area contributed by atoms with Crippen molar-refractivity contribution in [2.24, 2.45) is 0 Å². The summed E-state index contributed by atoms with van der Waals surface area (Å²) in [6.07, 6.45) is 5.74.